The van der Waals surface area contributed by atoms with Gasteiger partial charge >= 0.3 is 6.03 Å². The fraction of sp³-hybridized carbons (Fsp3) is 0.500. The lowest BCUT2D eigenvalue weighted by Crippen LogP contribution is -2.41. The third-order valence-corrected chi connectivity index (χ3v) is 5.42. The number of amides is 3. The lowest BCUT2D eigenvalue weighted by molar-refractivity contribution is -0.116. The fourth-order valence-electron chi connectivity index (χ4n) is 3.15. The second-order valence-corrected chi connectivity index (χ2v) is 9.03. The van der Waals surface area contributed by atoms with Gasteiger partial charge in [-0.1, -0.05) is 52.8 Å². The molecule has 7 heteroatoms. The van der Waals surface area contributed by atoms with Crippen LogP contribution in [0.15, 0.2) is 24.4 Å². The Morgan fingerprint density at radius 2 is 1.72 bits per heavy atom. The van der Waals surface area contributed by atoms with E-state index < -0.39 is 0 Å². The van der Waals surface area contributed by atoms with Gasteiger partial charge in [0.25, 0.3) is 0 Å². The van der Waals surface area contributed by atoms with E-state index in [0.29, 0.717) is 11.7 Å². The average molecular weight is 417 g/mol. The molecule has 6 nitrogen and oxygen atoms in total. The third kappa shape index (κ3) is 6.29. The summed E-state index contributed by atoms with van der Waals surface area (Å²) in [6.07, 6.45) is 2.48. The molecule has 2 N–H and O–H groups in total. The number of thiazole rings is 1. The van der Waals surface area contributed by atoms with Crippen molar-refractivity contribution in [2.75, 3.05) is 23.7 Å². The maximum Gasteiger partial charge on any atom is 0.322 e. The number of anilines is 2. The average Bonchev–Trinajstić information content (AvgIpc) is 3.05. The number of urea groups is 1. The normalized spacial score (nSPS) is 11.0. The molecule has 0 aliphatic rings. The van der Waals surface area contributed by atoms with Crippen LogP contribution in [0.25, 0.3) is 0 Å². The van der Waals surface area contributed by atoms with Crippen molar-refractivity contribution in [1.29, 1.82) is 0 Å². The van der Waals surface area contributed by atoms with Crippen LogP contribution in [-0.4, -0.2) is 34.9 Å². The van der Waals surface area contributed by atoms with Crippen molar-refractivity contribution in [3.8, 4) is 0 Å². The zero-order chi connectivity index (χ0) is 21.6. The zero-order valence-electron chi connectivity index (χ0n) is 18.2. The molecule has 0 saturated carbocycles. The van der Waals surface area contributed by atoms with Crippen LogP contribution in [0.1, 0.15) is 68.9 Å². The lowest BCUT2D eigenvalue weighted by atomic mass is 9.93. The van der Waals surface area contributed by atoms with E-state index in [4.69, 9.17) is 0 Å². The third-order valence-electron chi connectivity index (χ3n) is 4.59. The summed E-state index contributed by atoms with van der Waals surface area (Å²) in [4.78, 5) is 32.2. The highest BCUT2D eigenvalue weighted by atomic mass is 32.1. The number of rotatable bonds is 8. The van der Waals surface area contributed by atoms with Crippen molar-refractivity contribution in [2.24, 2.45) is 0 Å². The smallest absolute Gasteiger partial charge is 0.315 e. The molecule has 1 aromatic carbocycles. The number of nitrogens with zero attached hydrogens (tertiary/aromatic N) is 2. The summed E-state index contributed by atoms with van der Waals surface area (Å²) < 4.78 is 0. The highest BCUT2D eigenvalue weighted by Crippen LogP contribution is 2.32. The number of benzene rings is 1. The Morgan fingerprint density at radius 3 is 2.21 bits per heavy atom. The van der Waals surface area contributed by atoms with E-state index in [9.17, 15) is 9.59 Å². The van der Waals surface area contributed by atoms with Crippen molar-refractivity contribution >= 4 is 34.1 Å². The molecular formula is C22H32N4O2S. The molecule has 2 rings (SSSR count). The van der Waals surface area contributed by atoms with E-state index in [2.05, 4.69) is 43.3 Å². The SMILES string of the molecule is CCCN(CC(=O)Nc1ncc(C)s1)C(=O)Nc1c(C(C)C)cccc1C(C)C. The number of hydrogen-bond donors (Lipinski definition) is 2. The van der Waals surface area contributed by atoms with Crippen LogP contribution in [0.5, 0.6) is 0 Å². The molecule has 0 bridgehead atoms. The second-order valence-electron chi connectivity index (χ2n) is 7.80. The van der Waals surface area contributed by atoms with Crippen LogP contribution in [0.2, 0.25) is 0 Å². The molecule has 2 aromatic rings. The Labute approximate surface area is 177 Å². The highest BCUT2D eigenvalue weighted by molar-refractivity contribution is 7.15. The minimum absolute atomic E-state index is 0.0147. The summed E-state index contributed by atoms with van der Waals surface area (Å²) in [5.41, 5.74) is 3.06. The number of aromatic nitrogens is 1. The molecule has 0 atom stereocenters. The molecule has 0 radical (unpaired) electrons. The molecule has 29 heavy (non-hydrogen) atoms. The predicted molar refractivity (Wildman–Crippen MR) is 121 cm³/mol. The molecule has 0 aliphatic carbocycles. The number of aryl methyl sites for hydroxylation is 1. The summed E-state index contributed by atoms with van der Waals surface area (Å²) in [6.45, 7) is 12.9. The lowest BCUT2D eigenvalue weighted by Gasteiger charge is -2.25. The minimum Gasteiger partial charge on any atom is -0.315 e. The standard InChI is InChI=1S/C22H32N4O2S/c1-7-11-26(13-19(27)24-21-23-12-16(6)29-21)22(28)25-20-17(14(2)3)9-8-10-18(20)15(4)5/h8-10,12,14-15H,7,11,13H2,1-6H3,(H,25,28)(H,23,24,27). The van der Waals surface area contributed by atoms with E-state index in [1.54, 1.807) is 11.1 Å². The molecule has 0 spiro atoms. The van der Waals surface area contributed by atoms with E-state index in [-0.39, 0.29) is 30.3 Å². The van der Waals surface area contributed by atoms with Crippen LogP contribution in [0.4, 0.5) is 15.6 Å². The molecule has 0 unspecified atom stereocenters. The number of carbonyl (C=O) groups is 2. The van der Waals surface area contributed by atoms with Gasteiger partial charge in [-0.15, -0.1) is 11.3 Å². The first-order chi connectivity index (χ1) is 13.7. The first-order valence-corrected chi connectivity index (χ1v) is 11.0. The molecule has 3 amide bonds. The predicted octanol–water partition coefficient (Wildman–Crippen LogP) is 5.58. The number of hydrogen-bond acceptors (Lipinski definition) is 4. The number of nitrogens with one attached hydrogen (secondary N) is 2. The monoisotopic (exact) mass is 416 g/mol. The van der Waals surface area contributed by atoms with Gasteiger partial charge in [-0.3, -0.25) is 4.79 Å². The Balaban J connectivity index is 2.18. The highest BCUT2D eigenvalue weighted by Gasteiger charge is 2.21. The van der Waals surface area contributed by atoms with Crippen molar-refractivity contribution in [3.63, 3.8) is 0 Å². The van der Waals surface area contributed by atoms with Gasteiger partial charge < -0.3 is 15.5 Å². The molecule has 158 valence electrons. The van der Waals surface area contributed by atoms with Gasteiger partial charge in [0, 0.05) is 23.3 Å². The van der Waals surface area contributed by atoms with E-state index in [0.717, 1.165) is 28.1 Å². The van der Waals surface area contributed by atoms with Crippen LogP contribution in [0, 0.1) is 6.92 Å². The molecule has 0 saturated heterocycles. The van der Waals surface area contributed by atoms with Gasteiger partial charge in [0.15, 0.2) is 5.13 Å². The topological polar surface area (TPSA) is 74.3 Å². The molecule has 1 aromatic heterocycles. The molecular weight excluding hydrogens is 384 g/mol. The Hall–Kier alpha value is -2.41. The molecule has 1 heterocycles. The molecule has 0 aliphatic heterocycles. The zero-order valence-corrected chi connectivity index (χ0v) is 19.0. The Morgan fingerprint density at radius 1 is 1.10 bits per heavy atom. The first-order valence-electron chi connectivity index (χ1n) is 10.1. The van der Waals surface area contributed by atoms with Gasteiger partial charge in [0.05, 0.1) is 0 Å². The van der Waals surface area contributed by atoms with Crippen molar-refractivity contribution < 1.29 is 9.59 Å². The summed E-state index contributed by atoms with van der Waals surface area (Å²) in [6, 6.07) is 5.88. The second kappa shape index (κ2) is 10.4. The van der Waals surface area contributed by atoms with Crippen LogP contribution in [0.3, 0.4) is 0 Å². The quantitative estimate of drug-likeness (QED) is 0.590. The van der Waals surface area contributed by atoms with Gasteiger partial charge in [0.1, 0.15) is 6.54 Å². The van der Waals surface area contributed by atoms with Gasteiger partial charge in [-0.25, -0.2) is 9.78 Å². The maximum absolute atomic E-state index is 13.1. The van der Waals surface area contributed by atoms with Crippen molar-refractivity contribution in [1.82, 2.24) is 9.88 Å². The van der Waals surface area contributed by atoms with E-state index in [1.807, 2.05) is 32.0 Å². The summed E-state index contributed by atoms with van der Waals surface area (Å²) in [5.74, 6) is 0.310. The van der Waals surface area contributed by atoms with E-state index in [1.165, 1.54) is 11.3 Å². The van der Waals surface area contributed by atoms with Gasteiger partial charge in [0.2, 0.25) is 5.91 Å². The van der Waals surface area contributed by atoms with Crippen LogP contribution < -0.4 is 10.6 Å². The largest absolute Gasteiger partial charge is 0.322 e. The van der Waals surface area contributed by atoms with Crippen molar-refractivity contribution in [3.05, 3.63) is 40.4 Å². The van der Waals surface area contributed by atoms with Crippen molar-refractivity contribution in [2.45, 2.75) is 59.8 Å². The number of carbonyl (C=O) groups excluding carboxylic acids is 2. The fourth-order valence-corrected chi connectivity index (χ4v) is 3.83. The summed E-state index contributed by atoms with van der Waals surface area (Å²) in [5, 5.41) is 6.42. The van der Waals surface area contributed by atoms with Gasteiger partial charge in [-0.05, 0) is 36.3 Å². The van der Waals surface area contributed by atoms with E-state index >= 15 is 0 Å². The summed E-state index contributed by atoms with van der Waals surface area (Å²) in [7, 11) is 0. The Kier molecular flexibility index (Phi) is 8.20. The van der Waals surface area contributed by atoms with Gasteiger partial charge in [-0.2, -0.15) is 0 Å². The van der Waals surface area contributed by atoms with Crippen LogP contribution >= 0.6 is 11.3 Å². The maximum atomic E-state index is 13.1. The molecule has 0 fully saturated rings. The van der Waals surface area contributed by atoms with Crippen LogP contribution in [-0.2, 0) is 4.79 Å². The number of para-hydroxylation sites is 1. The first kappa shape index (κ1) is 22.9. The Bertz CT molecular complexity index is 819. The minimum atomic E-state index is -0.257. The summed E-state index contributed by atoms with van der Waals surface area (Å²) >= 11 is 1.42.